The first-order chi connectivity index (χ1) is 9.22. The van der Waals surface area contributed by atoms with Gasteiger partial charge in [-0.3, -0.25) is 4.79 Å². The lowest BCUT2D eigenvalue weighted by Crippen LogP contribution is -2.25. The van der Waals surface area contributed by atoms with Crippen LogP contribution in [0.2, 0.25) is 0 Å². The van der Waals surface area contributed by atoms with E-state index in [9.17, 15) is 4.79 Å². The molecule has 0 fully saturated rings. The summed E-state index contributed by atoms with van der Waals surface area (Å²) in [6.45, 7) is 2.68. The Morgan fingerprint density at radius 2 is 2.05 bits per heavy atom. The van der Waals surface area contributed by atoms with Gasteiger partial charge in [0.05, 0.1) is 5.69 Å². The molecule has 0 saturated carbocycles. The van der Waals surface area contributed by atoms with Crippen molar-refractivity contribution in [1.29, 1.82) is 0 Å². The molecule has 1 aromatic heterocycles. The fraction of sp³-hybridized carbons (Fsp3) is 0.308. The first-order valence-electron chi connectivity index (χ1n) is 6.28. The van der Waals surface area contributed by atoms with Crippen LogP contribution in [0.15, 0.2) is 30.3 Å². The number of unbranched alkanes of at least 4 members (excludes halogenated alkanes) is 1. The normalized spacial score (nSPS) is 10.4. The molecule has 0 aliphatic rings. The topological polar surface area (TPSA) is 85.8 Å². The van der Waals surface area contributed by atoms with E-state index in [1.54, 1.807) is 0 Å². The maximum atomic E-state index is 11.9. The third-order valence-corrected chi connectivity index (χ3v) is 2.66. The molecule has 6 nitrogen and oxygen atoms in total. The average Bonchev–Trinajstić information content (AvgIpc) is 2.82. The minimum atomic E-state index is -0.284. The number of anilines is 1. The van der Waals surface area contributed by atoms with Crippen molar-refractivity contribution in [3.05, 3.63) is 36.0 Å². The molecule has 0 atom stereocenters. The van der Waals surface area contributed by atoms with Crippen LogP contribution in [0.25, 0.3) is 5.69 Å². The summed E-state index contributed by atoms with van der Waals surface area (Å²) in [6, 6.07) is 9.33. The minimum absolute atomic E-state index is 0.137. The molecule has 0 unspecified atom stereocenters. The smallest absolute Gasteiger partial charge is 0.275 e. The van der Waals surface area contributed by atoms with Crippen molar-refractivity contribution < 1.29 is 4.79 Å². The Kier molecular flexibility index (Phi) is 4.12. The second-order valence-corrected chi connectivity index (χ2v) is 4.17. The quantitative estimate of drug-likeness (QED) is 0.794. The number of hydrogen-bond donors (Lipinski definition) is 2. The summed E-state index contributed by atoms with van der Waals surface area (Å²) in [5, 5.41) is 11.0. The lowest BCUT2D eigenvalue weighted by Gasteiger charge is -2.01. The molecule has 6 heteroatoms. The second kappa shape index (κ2) is 5.99. The van der Waals surface area contributed by atoms with Gasteiger partial charge < -0.3 is 11.1 Å². The number of aromatic nitrogens is 3. The highest BCUT2D eigenvalue weighted by atomic mass is 16.2. The number of rotatable bonds is 5. The fourth-order valence-electron chi connectivity index (χ4n) is 1.62. The van der Waals surface area contributed by atoms with Crippen molar-refractivity contribution in [1.82, 2.24) is 20.3 Å². The molecule has 2 aromatic rings. The zero-order valence-electron chi connectivity index (χ0n) is 10.8. The molecule has 1 amide bonds. The van der Waals surface area contributed by atoms with Crippen LogP contribution in [0.1, 0.15) is 30.3 Å². The molecule has 19 heavy (non-hydrogen) atoms. The van der Waals surface area contributed by atoms with Crippen molar-refractivity contribution in [2.75, 3.05) is 12.3 Å². The van der Waals surface area contributed by atoms with Gasteiger partial charge in [-0.05, 0) is 18.6 Å². The molecule has 2 rings (SSSR count). The van der Waals surface area contributed by atoms with Crippen LogP contribution in [-0.2, 0) is 0 Å². The predicted octanol–water partition coefficient (Wildman–Crippen LogP) is 1.38. The summed E-state index contributed by atoms with van der Waals surface area (Å²) in [5.74, 6) is -0.147. The molecule has 0 bridgehead atoms. The molecular weight excluding hydrogens is 242 g/mol. The van der Waals surface area contributed by atoms with E-state index in [0.717, 1.165) is 18.5 Å². The van der Waals surface area contributed by atoms with Crippen LogP contribution >= 0.6 is 0 Å². The zero-order chi connectivity index (χ0) is 13.7. The van der Waals surface area contributed by atoms with E-state index in [0.29, 0.717) is 6.54 Å². The van der Waals surface area contributed by atoms with E-state index in [1.165, 1.54) is 4.80 Å². The number of hydrogen-bond acceptors (Lipinski definition) is 4. The van der Waals surface area contributed by atoms with Crippen LogP contribution < -0.4 is 11.1 Å². The van der Waals surface area contributed by atoms with Crippen LogP contribution in [0.3, 0.4) is 0 Å². The van der Waals surface area contributed by atoms with Gasteiger partial charge in [0, 0.05) is 6.54 Å². The number of nitrogens with one attached hydrogen (secondary N) is 1. The average molecular weight is 259 g/mol. The standard InChI is InChI=1S/C13H17N5O/c1-2-3-9-15-13(19)11-12(14)17-18(16-11)10-7-5-4-6-8-10/h4-8H,2-3,9H2,1H3,(H2,14,17)(H,15,19). The molecule has 100 valence electrons. The van der Waals surface area contributed by atoms with Crippen LogP contribution in [0.4, 0.5) is 5.82 Å². The lowest BCUT2D eigenvalue weighted by atomic mass is 10.3. The van der Waals surface area contributed by atoms with Crippen molar-refractivity contribution in [3.8, 4) is 5.69 Å². The number of nitrogens with two attached hydrogens (primary N) is 1. The largest absolute Gasteiger partial charge is 0.380 e. The number of para-hydroxylation sites is 1. The molecule has 0 saturated heterocycles. The van der Waals surface area contributed by atoms with Crippen LogP contribution in [-0.4, -0.2) is 27.4 Å². The van der Waals surface area contributed by atoms with Gasteiger partial charge in [-0.2, -0.15) is 0 Å². The van der Waals surface area contributed by atoms with E-state index >= 15 is 0 Å². The number of nitrogen functional groups attached to an aromatic ring is 1. The third kappa shape index (κ3) is 3.09. The number of carbonyl (C=O) groups excluding carboxylic acids is 1. The number of benzene rings is 1. The Balaban J connectivity index is 2.15. The molecule has 0 radical (unpaired) electrons. The van der Waals surface area contributed by atoms with Gasteiger partial charge in [0.25, 0.3) is 5.91 Å². The summed E-state index contributed by atoms with van der Waals surface area (Å²) >= 11 is 0. The Labute approximate surface area is 111 Å². The summed E-state index contributed by atoms with van der Waals surface area (Å²) in [7, 11) is 0. The second-order valence-electron chi connectivity index (χ2n) is 4.17. The summed E-state index contributed by atoms with van der Waals surface area (Å²) in [4.78, 5) is 13.2. The third-order valence-electron chi connectivity index (χ3n) is 2.66. The van der Waals surface area contributed by atoms with Gasteiger partial charge in [0.15, 0.2) is 11.5 Å². The highest BCUT2D eigenvalue weighted by Crippen LogP contribution is 2.09. The van der Waals surface area contributed by atoms with Gasteiger partial charge in [-0.15, -0.1) is 15.0 Å². The summed E-state index contributed by atoms with van der Waals surface area (Å²) < 4.78 is 0. The Bertz CT molecular complexity index is 549. The van der Waals surface area contributed by atoms with Gasteiger partial charge in [-0.25, -0.2) is 0 Å². The van der Waals surface area contributed by atoms with E-state index in [2.05, 4.69) is 22.4 Å². The van der Waals surface area contributed by atoms with Crippen molar-refractivity contribution in [3.63, 3.8) is 0 Å². The molecule has 1 aromatic carbocycles. The van der Waals surface area contributed by atoms with Gasteiger partial charge in [0.1, 0.15) is 0 Å². The number of nitrogens with zero attached hydrogens (tertiary/aromatic N) is 3. The molecule has 0 aliphatic carbocycles. The number of amides is 1. The van der Waals surface area contributed by atoms with Crippen LogP contribution in [0.5, 0.6) is 0 Å². The summed E-state index contributed by atoms with van der Waals surface area (Å²) in [6.07, 6.45) is 1.95. The Morgan fingerprint density at radius 1 is 1.32 bits per heavy atom. The highest BCUT2D eigenvalue weighted by Gasteiger charge is 2.16. The SMILES string of the molecule is CCCCNC(=O)c1nn(-c2ccccc2)nc1N. The maximum absolute atomic E-state index is 11.9. The fourth-order valence-corrected chi connectivity index (χ4v) is 1.62. The van der Waals surface area contributed by atoms with Gasteiger partial charge >= 0.3 is 0 Å². The monoisotopic (exact) mass is 259 g/mol. The van der Waals surface area contributed by atoms with Crippen molar-refractivity contribution in [2.24, 2.45) is 0 Å². The van der Waals surface area contributed by atoms with E-state index in [4.69, 9.17) is 5.73 Å². The Hall–Kier alpha value is -2.37. The van der Waals surface area contributed by atoms with Gasteiger partial charge in [0.2, 0.25) is 0 Å². The van der Waals surface area contributed by atoms with Crippen LogP contribution in [0, 0.1) is 0 Å². The zero-order valence-corrected chi connectivity index (χ0v) is 10.8. The maximum Gasteiger partial charge on any atom is 0.275 e. The van der Waals surface area contributed by atoms with Crippen molar-refractivity contribution in [2.45, 2.75) is 19.8 Å². The lowest BCUT2D eigenvalue weighted by molar-refractivity contribution is 0.0948. The van der Waals surface area contributed by atoms with Gasteiger partial charge in [-0.1, -0.05) is 31.5 Å². The molecule has 1 heterocycles. The Morgan fingerprint density at radius 3 is 2.74 bits per heavy atom. The highest BCUT2D eigenvalue weighted by molar-refractivity contribution is 5.96. The predicted molar refractivity (Wildman–Crippen MR) is 73.0 cm³/mol. The first kappa shape index (κ1) is 13.1. The summed E-state index contributed by atoms with van der Waals surface area (Å²) in [5.41, 5.74) is 6.66. The molecular formula is C13H17N5O. The first-order valence-corrected chi connectivity index (χ1v) is 6.28. The van der Waals surface area contributed by atoms with E-state index in [1.807, 2.05) is 30.3 Å². The van der Waals surface area contributed by atoms with E-state index in [-0.39, 0.29) is 17.4 Å². The van der Waals surface area contributed by atoms with Crippen molar-refractivity contribution >= 4 is 11.7 Å². The molecule has 0 aliphatic heterocycles. The molecule has 3 N–H and O–H groups in total. The minimum Gasteiger partial charge on any atom is -0.380 e. The van der Waals surface area contributed by atoms with E-state index < -0.39 is 0 Å². The molecule has 0 spiro atoms. The number of carbonyl (C=O) groups is 1.